The van der Waals surface area contributed by atoms with Crippen LogP contribution in [0.25, 0.3) is 0 Å². The molecule has 0 radical (unpaired) electrons. The van der Waals surface area contributed by atoms with Crippen molar-refractivity contribution < 1.29 is 12.8 Å². The fourth-order valence-corrected chi connectivity index (χ4v) is 4.68. The Balaban J connectivity index is 0.00000220. The van der Waals surface area contributed by atoms with E-state index in [0.29, 0.717) is 17.4 Å². The highest BCUT2D eigenvalue weighted by Gasteiger charge is 2.34. The van der Waals surface area contributed by atoms with E-state index in [2.05, 4.69) is 15.9 Å². The van der Waals surface area contributed by atoms with Gasteiger partial charge in [-0.2, -0.15) is 4.31 Å². The Labute approximate surface area is 143 Å². The molecule has 1 unspecified atom stereocenters. The molecule has 2 N–H and O–H groups in total. The predicted molar refractivity (Wildman–Crippen MR) is 86.9 cm³/mol. The summed E-state index contributed by atoms with van der Waals surface area (Å²) in [5, 5.41) is 0.159. The van der Waals surface area contributed by atoms with Crippen molar-refractivity contribution in [1.29, 1.82) is 0 Å². The molecule has 1 fully saturated rings. The van der Waals surface area contributed by atoms with Crippen molar-refractivity contribution >= 4 is 50.0 Å². The third-order valence-electron chi connectivity index (χ3n) is 3.41. The number of nitrogens with two attached hydrogens (primary N) is 1. The third kappa shape index (κ3) is 3.89. The Morgan fingerprint density at radius 1 is 1.43 bits per heavy atom. The molecule has 0 bridgehead atoms. The van der Waals surface area contributed by atoms with Gasteiger partial charge in [0.1, 0.15) is 10.7 Å². The summed E-state index contributed by atoms with van der Waals surface area (Å²) in [6.45, 7) is 0.586. The van der Waals surface area contributed by atoms with Crippen LogP contribution in [-0.4, -0.2) is 31.9 Å². The number of sulfonamides is 1. The van der Waals surface area contributed by atoms with E-state index in [9.17, 15) is 12.8 Å². The first-order valence-corrected chi connectivity index (χ1v) is 8.85. The number of nitrogens with zero attached hydrogens (tertiary/aromatic N) is 1. The van der Waals surface area contributed by atoms with E-state index in [0.717, 1.165) is 25.0 Å². The SMILES string of the molecule is Cl.NCC1CCCCN1S(=O)(=O)c1cc(Cl)c(Br)cc1F. The van der Waals surface area contributed by atoms with E-state index in [4.69, 9.17) is 17.3 Å². The van der Waals surface area contributed by atoms with E-state index in [1.54, 1.807) is 0 Å². The Morgan fingerprint density at radius 3 is 2.71 bits per heavy atom. The molecule has 9 heteroatoms. The molecule has 1 aliphatic rings. The summed E-state index contributed by atoms with van der Waals surface area (Å²) in [4.78, 5) is -0.397. The molecule has 0 saturated carbocycles. The Kier molecular flexibility index (Phi) is 6.89. The van der Waals surface area contributed by atoms with Gasteiger partial charge in [-0.3, -0.25) is 0 Å². The average Bonchev–Trinajstić information content (AvgIpc) is 2.42. The van der Waals surface area contributed by atoms with Crippen molar-refractivity contribution in [3.63, 3.8) is 0 Å². The van der Waals surface area contributed by atoms with Crippen molar-refractivity contribution in [2.45, 2.75) is 30.2 Å². The number of benzene rings is 1. The van der Waals surface area contributed by atoms with Crippen molar-refractivity contribution in [2.24, 2.45) is 5.73 Å². The minimum Gasteiger partial charge on any atom is -0.329 e. The van der Waals surface area contributed by atoms with Gasteiger partial charge in [0.15, 0.2) is 0 Å². The molecule has 4 nitrogen and oxygen atoms in total. The van der Waals surface area contributed by atoms with Gasteiger partial charge in [0.2, 0.25) is 10.0 Å². The molecular formula is C12H16BrCl2FN2O2S. The summed E-state index contributed by atoms with van der Waals surface area (Å²) in [5.41, 5.74) is 5.63. The average molecular weight is 422 g/mol. The molecule has 1 aliphatic heterocycles. The van der Waals surface area contributed by atoms with Crippen LogP contribution in [0, 0.1) is 5.82 Å². The van der Waals surface area contributed by atoms with Gasteiger partial charge in [-0.1, -0.05) is 18.0 Å². The van der Waals surface area contributed by atoms with Crippen molar-refractivity contribution in [2.75, 3.05) is 13.1 Å². The second-order valence-electron chi connectivity index (χ2n) is 4.70. The Morgan fingerprint density at radius 2 is 2.10 bits per heavy atom. The largest absolute Gasteiger partial charge is 0.329 e. The van der Waals surface area contributed by atoms with Gasteiger partial charge in [0.25, 0.3) is 0 Å². The summed E-state index contributed by atoms with van der Waals surface area (Å²) in [6, 6.07) is 1.92. The first kappa shape index (κ1) is 19.1. The van der Waals surface area contributed by atoms with E-state index in [1.807, 2.05) is 0 Å². The first-order valence-electron chi connectivity index (χ1n) is 6.24. The maximum atomic E-state index is 14.0. The summed E-state index contributed by atoms with van der Waals surface area (Å²) in [6.07, 6.45) is 2.38. The lowest BCUT2D eigenvalue weighted by Crippen LogP contribution is -2.47. The normalized spacial score (nSPS) is 20.1. The highest BCUT2D eigenvalue weighted by atomic mass is 79.9. The molecule has 1 atom stereocenters. The predicted octanol–water partition coefficient (Wildman–Crippen LogP) is 3.17. The van der Waals surface area contributed by atoms with Gasteiger partial charge < -0.3 is 5.73 Å². The van der Waals surface area contributed by atoms with Crippen molar-refractivity contribution in [3.8, 4) is 0 Å². The number of rotatable bonds is 3. The molecule has 1 saturated heterocycles. The molecule has 0 spiro atoms. The molecule has 1 aromatic rings. The minimum absolute atomic E-state index is 0. The molecule has 21 heavy (non-hydrogen) atoms. The van der Waals surface area contributed by atoms with Crippen LogP contribution in [-0.2, 0) is 10.0 Å². The highest BCUT2D eigenvalue weighted by molar-refractivity contribution is 9.10. The van der Waals surface area contributed by atoms with Crippen LogP contribution in [0.2, 0.25) is 5.02 Å². The maximum absolute atomic E-state index is 14.0. The fraction of sp³-hybridized carbons (Fsp3) is 0.500. The van der Waals surface area contributed by atoms with E-state index >= 15 is 0 Å². The van der Waals surface area contributed by atoms with Gasteiger partial charge in [-0.25, -0.2) is 12.8 Å². The highest BCUT2D eigenvalue weighted by Crippen LogP contribution is 2.31. The number of hydrogen-bond donors (Lipinski definition) is 1. The molecule has 120 valence electrons. The molecule has 1 heterocycles. The zero-order valence-electron chi connectivity index (χ0n) is 11.1. The zero-order valence-corrected chi connectivity index (χ0v) is 15.0. The fourth-order valence-electron chi connectivity index (χ4n) is 2.35. The van der Waals surface area contributed by atoms with Crippen molar-refractivity contribution in [1.82, 2.24) is 4.31 Å². The van der Waals surface area contributed by atoms with Crippen LogP contribution >= 0.6 is 39.9 Å². The number of hydrogen-bond acceptors (Lipinski definition) is 3. The maximum Gasteiger partial charge on any atom is 0.246 e. The standard InChI is InChI=1S/C12H15BrClFN2O2S.ClH/c13-9-5-11(15)12(6-10(9)14)20(18,19)17-4-2-1-3-8(17)7-16;/h5-6,8H,1-4,7,16H2;1H. The van der Waals surface area contributed by atoms with Crippen LogP contribution < -0.4 is 5.73 Å². The van der Waals surface area contributed by atoms with Crippen LogP contribution in [0.4, 0.5) is 4.39 Å². The van der Waals surface area contributed by atoms with Crippen molar-refractivity contribution in [3.05, 3.63) is 27.4 Å². The summed E-state index contributed by atoms with van der Waals surface area (Å²) >= 11 is 8.95. The van der Waals surface area contributed by atoms with Gasteiger partial charge in [-0.15, -0.1) is 12.4 Å². The van der Waals surface area contributed by atoms with Crippen LogP contribution in [0.1, 0.15) is 19.3 Å². The van der Waals surface area contributed by atoms with Gasteiger partial charge in [0, 0.05) is 23.6 Å². The zero-order chi connectivity index (χ0) is 14.9. The Bertz CT molecular complexity index is 616. The summed E-state index contributed by atoms with van der Waals surface area (Å²) in [7, 11) is -3.92. The van der Waals surface area contributed by atoms with E-state index in [1.165, 1.54) is 4.31 Å². The summed E-state index contributed by atoms with van der Waals surface area (Å²) < 4.78 is 40.8. The van der Waals surface area contributed by atoms with Crippen LogP contribution in [0.15, 0.2) is 21.5 Å². The first-order chi connectivity index (χ1) is 9.37. The second kappa shape index (κ2) is 7.57. The number of piperidine rings is 1. The third-order valence-corrected chi connectivity index (χ3v) is 6.57. The summed E-state index contributed by atoms with van der Waals surface area (Å²) in [5.74, 6) is -0.817. The minimum atomic E-state index is -3.92. The lowest BCUT2D eigenvalue weighted by Gasteiger charge is -2.34. The monoisotopic (exact) mass is 420 g/mol. The second-order valence-corrected chi connectivity index (χ2v) is 7.82. The quantitative estimate of drug-likeness (QED) is 0.762. The van der Waals surface area contributed by atoms with Crippen LogP contribution in [0.3, 0.4) is 0 Å². The smallest absolute Gasteiger partial charge is 0.246 e. The van der Waals surface area contributed by atoms with Gasteiger partial charge >= 0.3 is 0 Å². The molecular weight excluding hydrogens is 406 g/mol. The molecule has 2 rings (SSSR count). The van der Waals surface area contributed by atoms with E-state index < -0.39 is 20.7 Å². The molecule has 1 aromatic carbocycles. The molecule has 0 aromatic heterocycles. The van der Waals surface area contributed by atoms with Gasteiger partial charge in [0.05, 0.1) is 5.02 Å². The lowest BCUT2D eigenvalue weighted by molar-refractivity contribution is 0.257. The van der Waals surface area contributed by atoms with E-state index in [-0.39, 0.29) is 30.0 Å². The molecule has 0 amide bonds. The van der Waals surface area contributed by atoms with Gasteiger partial charge in [-0.05, 0) is 40.9 Å². The topological polar surface area (TPSA) is 63.4 Å². The van der Waals surface area contributed by atoms with Crippen LogP contribution in [0.5, 0.6) is 0 Å². The molecule has 0 aliphatic carbocycles. The Hall–Kier alpha value is 0.0800. The number of halogens is 4. The lowest BCUT2D eigenvalue weighted by atomic mass is 10.1.